The number of carbonyl (C=O) groups excluding carboxylic acids is 2. The van der Waals surface area contributed by atoms with Crippen LogP contribution in [0.5, 0.6) is 0 Å². The molecule has 0 aliphatic rings. The molecule has 7 heteroatoms. The standard InChI is InChI=1S/C22H32N4O2S/c1-14(2)23-18(27)12-26(7)13-19-25-20(15(3)29-19)16-8-10-17(11-9-16)24-21(28)22(4,5)6/h8-11,14H,12-13H2,1-7H3,(H,23,27)(H,24,28)/p+1. The van der Waals surface area contributed by atoms with E-state index in [2.05, 4.69) is 17.6 Å². The molecular formula is C22H33N4O2S+. The lowest BCUT2D eigenvalue weighted by Crippen LogP contribution is -3.09. The first-order valence-electron chi connectivity index (χ1n) is 9.94. The summed E-state index contributed by atoms with van der Waals surface area (Å²) in [5, 5.41) is 6.87. The predicted octanol–water partition coefficient (Wildman–Crippen LogP) is 2.64. The number of hydrogen-bond donors (Lipinski definition) is 3. The zero-order valence-electron chi connectivity index (χ0n) is 18.5. The molecule has 0 aliphatic carbocycles. The number of anilines is 1. The number of likely N-dealkylation sites (N-methyl/N-ethyl adjacent to an activating group) is 1. The first-order chi connectivity index (χ1) is 13.5. The Morgan fingerprint density at radius 3 is 2.34 bits per heavy atom. The number of benzene rings is 1. The molecule has 29 heavy (non-hydrogen) atoms. The summed E-state index contributed by atoms with van der Waals surface area (Å²) in [7, 11) is 2.00. The Morgan fingerprint density at radius 1 is 1.17 bits per heavy atom. The van der Waals surface area contributed by atoms with Crippen molar-refractivity contribution in [1.82, 2.24) is 10.3 Å². The van der Waals surface area contributed by atoms with Crippen LogP contribution in [0.4, 0.5) is 5.69 Å². The number of thiazole rings is 1. The minimum Gasteiger partial charge on any atom is -0.349 e. The fraction of sp³-hybridized carbons (Fsp3) is 0.500. The number of nitrogens with zero attached hydrogens (tertiary/aromatic N) is 1. The molecule has 158 valence electrons. The fourth-order valence-electron chi connectivity index (χ4n) is 2.79. The van der Waals surface area contributed by atoms with Crippen LogP contribution in [0.3, 0.4) is 0 Å². The monoisotopic (exact) mass is 417 g/mol. The number of rotatable bonds is 7. The molecule has 2 aromatic rings. The van der Waals surface area contributed by atoms with Crippen LogP contribution in [-0.2, 0) is 16.1 Å². The van der Waals surface area contributed by atoms with E-state index in [1.807, 2.05) is 65.9 Å². The van der Waals surface area contributed by atoms with Crippen LogP contribution in [-0.4, -0.2) is 36.4 Å². The number of quaternary nitrogens is 1. The van der Waals surface area contributed by atoms with Crippen molar-refractivity contribution in [2.75, 3.05) is 18.9 Å². The zero-order chi connectivity index (χ0) is 21.8. The van der Waals surface area contributed by atoms with Gasteiger partial charge in [0, 0.05) is 27.6 Å². The summed E-state index contributed by atoms with van der Waals surface area (Å²) in [6, 6.07) is 7.93. The second-order valence-electron chi connectivity index (χ2n) is 8.83. The molecular weight excluding hydrogens is 384 g/mol. The van der Waals surface area contributed by atoms with E-state index >= 15 is 0 Å². The summed E-state index contributed by atoms with van der Waals surface area (Å²) < 4.78 is 0. The molecule has 0 spiro atoms. The van der Waals surface area contributed by atoms with E-state index in [1.54, 1.807) is 11.3 Å². The number of hydrogen-bond acceptors (Lipinski definition) is 4. The SMILES string of the molecule is Cc1sc(C[NH+](C)CC(=O)NC(C)C)nc1-c1ccc(NC(=O)C(C)(C)C)cc1. The normalized spacial score (nSPS) is 12.7. The number of carbonyl (C=O) groups is 2. The highest BCUT2D eigenvalue weighted by Crippen LogP contribution is 2.28. The Morgan fingerprint density at radius 2 is 1.79 bits per heavy atom. The van der Waals surface area contributed by atoms with Crippen molar-refractivity contribution in [3.8, 4) is 11.3 Å². The van der Waals surface area contributed by atoms with Crippen molar-refractivity contribution in [2.24, 2.45) is 5.41 Å². The molecule has 1 aromatic carbocycles. The van der Waals surface area contributed by atoms with Crippen molar-refractivity contribution >= 4 is 28.8 Å². The maximum absolute atomic E-state index is 12.1. The van der Waals surface area contributed by atoms with Gasteiger partial charge in [-0.25, -0.2) is 4.98 Å². The minimum atomic E-state index is -0.431. The van der Waals surface area contributed by atoms with Crippen LogP contribution in [0.25, 0.3) is 11.3 Å². The van der Waals surface area contributed by atoms with Gasteiger partial charge in [-0.05, 0) is 32.9 Å². The van der Waals surface area contributed by atoms with Gasteiger partial charge in [0.05, 0.1) is 12.7 Å². The van der Waals surface area contributed by atoms with Crippen molar-refractivity contribution in [1.29, 1.82) is 0 Å². The second-order valence-corrected chi connectivity index (χ2v) is 10.1. The van der Waals surface area contributed by atoms with Gasteiger partial charge in [0.2, 0.25) is 5.91 Å². The molecule has 1 heterocycles. The third-order valence-electron chi connectivity index (χ3n) is 4.30. The predicted molar refractivity (Wildman–Crippen MR) is 119 cm³/mol. The van der Waals surface area contributed by atoms with Gasteiger partial charge in [-0.3, -0.25) is 9.59 Å². The van der Waals surface area contributed by atoms with Crippen molar-refractivity contribution in [2.45, 2.75) is 54.1 Å². The molecule has 1 atom stereocenters. The van der Waals surface area contributed by atoms with Crippen LogP contribution in [0, 0.1) is 12.3 Å². The summed E-state index contributed by atoms with van der Waals surface area (Å²) in [6.07, 6.45) is 0. The molecule has 6 nitrogen and oxygen atoms in total. The number of amides is 2. The molecule has 0 bridgehead atoms. The number of nitrogens with one attached hydrogen (secondary N) is 3. The molecule has 0 radical (unpaired) electrons. The largest absolute Gasteiger partial charge is 0.349 e. The molecule has 0 saturated carbocycles. The lowest BCUT2D eigenvalue weighted by atomic mass is 9.95. The minimum absolute atomic E-state index is 0.00936. The molecule has 2 amide bonds. The Bertz CT molecular complexity index is 851. The van der Waals surface area contributed by atoms with Crippen LogP contribution in [0.2, 0.25) is 0 Å². The first kappa shape index (κ1) is 23.0. The zero-order valence-corrected chi connectivity index (χ0v) is 19.3. The van der Waals surface area contributed by atoms with Crippen molar-refractivity contribution in [3.63, 3.8) is 0 Å². The quantitative estimate of drug-likeness (QED) is 0.648. The van der Waals surface area contributed by atoms with E-state index in [0.717, 1.165) is 31.7 Å². The average molecular weight is 418 g/mol. The molecule has 0 aliphatic heterocycles. The van der Waals surface area contributed by atoms with E-state index in [9.17, 15) is 9.59 Å². The van der Waals surface area contributed by atoms with Gasteiger partial charge in [0.15, 0.2) is 6.54 Å². The van der Waals surface area contributed by atoms with Crippen LogP contribution in [0.1, 0.15) is 44.5 Å². The summed E-state index contributed by atoms with van der Waals surface area (Å²) >= 11 is 1.66. The lowest BCUT2D eigenvalue weighted by molar-refractivity contribution is -0.885. The third-order valence-corrected chi connectivity index (χ3v) is 5.27. The molecule has 2 rings (SSSR count). The van der Waals surface area contributed by atoms with E-state index < -0.39 is 5.41 Å². The van der Waals surface area contributed by atoms with Crippen LogP contribution < -0.4 is 15.5 Å². The van der Waals surface area contributed by atoms with E-state index in [0.29, 0.717) is 13.1 Å². The van der Waals surface area contributed by atoms with Gasteiger partial charge >= 0.3 is 0 Å². The molecule has 1 unspecified atom stereocenters. The lowest BCUT2D eigenvalue weighted by Gasteiger charge is -2.17. The molecule has 0 saturated heterocycles. The Kier molecular flexibility index (Phi) is 7.54. The van der Waals surface area contributed by atoms with Crippen molar-refractivity contribution in [3.05, 3.63) is 34.2 Å². The molecule has 3 N–H and O–H groups in total. The summed E-state index contributed by atoms with van der Waals surface area (Å²) in [4.78, 5) is 31.1. The van der Waals surface area contributed by atoms with Gasteiger partial charge in [-0.1, -0.05) is 32.9 Å². The maximum atomic E-state index is 12.1. The third kappa shape index (κ3) is 6.94. The molecule has 0 fully saturated rings. The smallest absolute Gasteiger partial charge is 0.275 e. The molecule has 1 aromatic heterocycles. The Labute approximate surface area is 177 Å². The van der Waals surface area contributed by atoms with Crippen LogP contribution in [0.15, 0.2) is 24.3 Å². The van der Waals surface area contributed by atoms with E-state index in [4.69, 9.17) is 4.98 Å². The topological polar surface area (TPSA) is 75.5 Å². The van der Waals surface area contributed by atoms with E-state index in [1.165, 1.54) is 0 Å². The Balaban J connectivity index is 2.04. The highest BCUT2D eigenvalue weighted by Gasteiger charge is 2.21. The Hall–Kier alpha value is -2.25. The number of aryl methyl sites for hydroxylation is 1. The maximum Gasteiger partial charge on any atom is 0.275 e. The van der Waals surface area contributed by atoms with Gasteiger partial charge < -0.3 is 15.5 Å². The average Bonchev–Trinajstić information content (AvgIpc) is 2.93. The fourth-order valence-corrected chi connectivity index (χ4v) is 3.86. The van der Waals surface area contributed by atoms with E-state index in [-0.39, 0.29) is 17.9 Å². The second kappa shape index (κ2) is 9.50. The highest BCUT2D eigenvalue weighted by atomic mass is 32.1. The summed E-state index contributed by atoms with van der Waals surface area (Å²) in [5.74, 6) is 0.0452. The number of aromatic nitrogens is 1. The van der Waals surface area contributed by atoms with Crippen LogP contribution >= 0.6 is 11.3 Å². The van der Waals surface area contributed by atoms with Crippen molar-refractivity contribution < 1.29 is 14.5 Å². The van der Waals surface area contributed by atoms with Gasteiger partial charge in [0.25, 0.3) is 5.91 Å². The van der Waals surface area contributed by atoms with Gasteiger partial charge in [-0.15, -0.1) is 11.3 Å². The highest BCUT2D eigenvalue weighted by molar-refractivity contribution is 7.12. The summed E-state index contributed by atoms with van der Waals surface area (Å²) in [5.41, 5.74) is 2.33. The summed E-state index contributed by atoms with van der Waals surface area (Å²) in [6.45, 7) is 12.8. The first-order valence-corrected chi connectivity index (χ1v) is 10.8. The van der Waals surface area contributed by atoms with Gasteiger partial charge in [-0.2, -0.15) is 0 Å². The van der Waals surface area contributed by atoms with Gasteiger partial charge in [0.1, 0.15) is 11.6 Å².